The predicted octanol–water partition coefficient (Wildman–Crippen LogP) is 5.18. The topological polar surface area (TPSA) is 20.3 Å². The van der Waals surface area contributed by atoms with E-state index in [1.165, 1.54) is 0 Å². The molecule has 0 spiro atoms. The Balaban J connectivity index is 1.87. The minimum absolute atomic E-state index is 0.0230. The lowest BCUT2D eigenvalue weighted by atomic mass is 10.1. The second-order valence-electron chi connectivity index (χ2n) is 5.64. The number of halogens is 1. The number of benzene rings is 3. The summed E-state index contributed by atoms with van der Waals surface area (Å²) in [6, 6.07) is 27.1. The van der Waals surface area contributed by atoms with Crippen molar-refractivity contribution >= 4 is 17.5 Å². The van der Waals surface area contributed by atoms with Gasteiger partial charge in [0.15, 0.2) is 0 Å². The average molecular weight is 336 g/mol. The molecule has 3 heteroatoms. The highest BCUT2D eigenvalue weighted by atomic mass is 35.5. The highest BCUT2D eigenvalue weighted by Crippen LogP contribution is 2.17. The molecule has 0 aliphatic rings. The van der Waals surface area contributed by atoms with E-state index in [4.69, 9.17) is 11.6 Å². The van der Waals surface area contributed by atoms with Crippen molar-refractivity contribution in [1.29, 1.82) is 0 Å². The molecule has 0 aromatic heterocycles. The summed E-state index contributed by atoms with van der Waals surface area (Å²) in [6.45, 7) is 1.11. The van der Waals surface area contributed by atoms with E-state index in [2.05, 4.69) is 0 Å². The minimum atomic E-state index is -0.0230. The highest BCUT2D eigenvalue weighted by molar-refractivity contribution is 6.30. The fourth-order valence-electron chi connectivity index (χ4n) is 2.61. The summed E-state index contributed by atoms with van der Waals surface area (Å²) in [4.78, 5) is 14.8. The Kier molecular flexibility index (Phi) is 5.29. The minimum Gasteiger partial charge on any atom is -0.330 e. The first-order valence-corrected chi connectivity index (χ1v) is 8.23. The van der Waals surface area contributed by atoms with Crippen LogP contribution in [0.15, 0.2) is 84.9 Å². The van der Waals surface area contributed by atoms with E-state index in [0.29, 0.717) is 23.7 Å². The first kappa shape index (κ1) is 16.3. The maximum Gasteiger partial charge on any atom is 0.254 e. The molecule has 24 heavy (non-hydrogen) atoms. The van der Waals surface area contributed by atoms with E-state index in [1.807, 2.05) is 65.6 Å². The number of hydrogen-bond donors (Lipinski definition) is 0. The molecule has 0 radical (unpaired) electrons. The largest absolute Gasteiger partial charge is 0.330 e. The van der Waals surface area contributed by atoms with Crippen molar-refractivity contribution in [1.82, 2.24) is 4.90 Å². The van der Waals surface area contributed by atoms with Crippen molar-refractivity contribution in [2.24, 2.45) is 0 Å². The van der Waals surface area contributed by atoms with Crippen molar-refractivity contribution in [2.45, 2.75) is 13.1 Å². The lowest BCUT2D eigenvalue weighted by molar-refractivity contribution is 0.0730. The standard InChI is InChI=1S/C21H18ClNO/c22-20-13-7-12-19(14-20)21(24)23(15-17-8-3-1-4-9-17)16-18-10-5-2-6-11-18/h1-14H,15-16H2. The SMILES string of the molecule is O=C(c1cccc(Cl)c1)N(Cc1ccccc1)Cc1ccccc1. The summed E-state index contributed by atoms with van der Waals surface area (Å²) in [5.74, 6) is -0.0230. The smallest absolute Gasteiger partial charge is 0.254 e. The number of amides is 1. The van der Waals surface area contributed by atoms with Crippen molar-refractivity contribution < 1.29 is 4.79 Å². The van der Waals surface area contributed by atoms with Gasteiger partial charge in [0.2, 0.25) is 0 Å². The Morgan fingerprint density at radius 1 is 0.750 bits per heavy atom. The van der Waals surface area contributed by atoms with Crippen LogP contribution in [-0.4, -0.2) is 10.8 Å². The first-order chi connectivity index (χ1) is 11.7. The fraction of sp³-hybridized carbons (Fsp3) is 0.0952. The Morgan fingerprint density at radius 2 is 1.29 bits per heavy atom. The molecular weight excluding hydrogens is 318 g/mol. The molecule has 3 rings (SSSR count). The lowest BCUT2D eigenvalue weighted by Gasteiger charge is -2.23. The van der Waals surface area contributed by atoms with Crippen LogP contribution in [0.1, 0.15) is 21.5 Å². The van der Waals surface area contributed by atoms with Crippen LogP contribution in [-0.2, 0) is 13.1 Å². The average Bonchev–Trinajstić information content (AvgIpc) is 2.62. The summed E-state index contributed by atoms with van der Waals surface area (Å²) in [7, 11) is 0. The molecule has 0 saturated carbocycles. The summed E-state index contributed by atoms with van der Waals surface area (Å²) in [6.07, 6.45) is 0. The molecule has 0 atom stereocenters. The van der Waals surface area contributed by atoms with E-state index in [-0.39, 0.29) is 5.91 Å². The number of rotatable bonds is 5. The normalized spacial score (nSPS) is 10.4. The van der Waals surface area contributed by atoms with Gasteiger partial charge in [-0.15, -0.1) is 0 Å². The van der Waals surface area contributed by atoms with Crippen molar-refractivity contribution in [3.63, 3.8) is 0 Å². The van der Waals surface area contributed by atoms with Crippen molar-refractivity contribution in [3.8, 4) is 0 Å². The molecule has 0 fully saturated rings. The van der Waals surface area contributed by atoms with Crippen LogP contribution in [0.4, 0.5) is 0 Å². The third-order valence-electron chi connectivity index (χ3n) is 3.79. The molecule has 1 amide bonds. The van der Waals surface area contributed by atoms with Crippen LogP contribution in [0, 0.1) is 0 Å². The van der Waals surface area contributed by atoms with Crippen molar-refractivity contribution in [2.75, 3.05) is 0 Å². The van der Waals surface area contributed by atoms with E-state index in [1.54, 1.807) is 24.3 Å². The molecule has 0 aliphatic heterocycles. The predicted molar refractivity (Wildman–Crippen MR) is 97.9 cm³/mol. The third-order valence-corrected chi connectivity index (χ3v) is 4.03. The van der Waals surface area contributed by atoms with E-state index >= 15 is 0 Å². The van der Waals surface area contributed by atoms with Crippen LogP contribution >= 0.6 is 11.6 Å². The van der Waals surface area contributed by atoms with Gasteiger partial charge in [-0.25, -0.2) is 0 Å². The van der Waals surface area contributed by atoms with Gasteiger partial charge >= 0.3 is 0 Å². The zero-order valence-corrected chi connectivity index (χ0v) is 14.0. The van der Waals surface area contributed by atoms with E-state index in [9.17, 15) is 4.79 Å². The van der Waals surface area contributed by atoms with Gasteiger partial charge in [-0.1, -0.05) is 78.3 Å². The second-order valence-corrected chi connectivity index (χ2v) is 6.08. The van der Waals surface area contributed by atoms with Crippen molar-refractivity contribution in [3.05, 3.63) is 107 Å². The quantitative estimate of drug-likeness (QED) is 0.629. The molecule has 3 aromatic carbocycles. The molecule has 0 unspecified atom stereocenters. The van der Waals surface area contributed by atoms with Crippen LogP contribution < -0.4 is 0 Å². The summed E-state index contributed by atoms with van der Waals surface area (Å²) in [5.41, 5.74) is 2.81. The van der Waals surface area contributed by atoms with E-state index in [0.717, 1.165) is 11.1 Å². The third kappa shape index (κ3) is 4.24. The molecule has 0 heterocycles. The van der Waals surface area contributed by atoms with Gasteiger partial charge in [0.25, 0.3) is 5.91 Å². The zero-order chi connectivity index (χ0) is 16.8. The fourth-order valence-corrected chi connectivity index (χ4v) is 2.80. The Labute approximate surface area is 147 Å². The summed E-state index contributed by atoms with van der Waals surface area (Å²) in [5, 5.41) is 0.570. The Hall–Kier alpha value is -2.58. The molecule has 0 saturated heterocycles. The molecule has 0 bridgehead atoms. The first-order valence-electron chi connectivity index (χ1n) is 7.85. The van der Waals surface area contributed by atoms with Crippen LogP contribution in [0.5, 0.6) is 0 Å². The monoisotopic (exact) mass is 335 g/mol. The molecular formula is C21H18ClNO. The second kappa shape index (κ2) is 7.80. The van der Waals surface area contributed by atoms with Gasteiger partial charge in [-0.3, -0.25) is 4.79 Å². The molecule has 2 nitrogen and oxygen atoms in total. The molecule has 0 N–H and O–H groups in total. The molecule has 3 aromatic rings. The summed E-state index contributed by atoms with van der Waals surface area (Å²) >= 11 is 6.04. The Morgan fingerprint density at radius 3 is 1.79 bits per heavy atom. The molecule has 0 aliphatic carbocycles. The lowest BCUT2D eigenvalue weighted by Crippen LogP contribution is -2.30. The Bertz CT molecular complexity index is 761. The van der Waals surface area contributed by atoms with Crippen LogP contribution in [0.3, 0.4) is 0 Å². The molecule has 120 valence electrons. The van der Waals surface area contributed by atoms with Gasteiger partial charge in [0, 0.05) is 23.7 Å². The van der Waals surface area contributed by atoms with Gasteiger partial charge in [0.1, 0.15) is 0 Å². The van der Waals surface area contributed by atoms with Gasteiger partial charge in [-0.05, 0) is 29.3 Å². The number of hydrogen-bond acceptors (Lipinski definition) is 1. The van der Waals surface area contributed by atoms with Gasteiger partial charge in [-0.2, -0.15) is 0 Å². The van der Waals surface area contributed by atoms with Gasteiger partial charge in [0.05, 0.1) is 0 Å². The van der Waals surface area contributed by atoms with Gasteiger partial charge < -0.3 is 4.90 Å². The summed E-state index contributed by atoms with van der Waals surface area (Å²) < 4.78 is 0. The number of carbonyl (C=O) groups is 1. The zero-order valence-electron chi connectivity index (χ0n) is 13.2. The number of nitrogens with zero attached hydrogens (tertiary/aromatic N) is 1. The highest BCUT2D eigenvalue weighted by Gasteiger charge is 2.17. The maximum atomic E-state index is 13.0. The number of carbonyl (C=O) groups excluding carboxylic acids is 1. The van der Waals surface area contributed by atoms with Crippen LogP contribution in [0.2, 0.25) is 5.02 Å². The maximum absolute atomic E-state index is 13.0. The van der Waals surface area contributed by atoms with E-state index < -0.39 is 0 Å². The van der Waals surface area contributed by atoms with Crippen LogP contribution in [0.25, 0.3) is 0 Å².